The fraction of sp³-hybridized carbons (Fsp3) is 0.560. The molecule has 0 saturated heterocycles. The Labute approximate surface area is 187 Å². The van der Waals surface area contributed by atoms with Crippen LogP contribution in [0.15, 0.2) is 33.9 Å². The van der Waals surface area contributed by atoms with Gasteiger partial charge in [0.25, 0.3) is 0 Å². The molecule has 154 valence electrons. The van der Waals surface area contributed by atoms with Gasteiger partial charge in [-0.05, 0) is 96.1 Å². The van der Waals surface area contributed by atoms with Gasteiger partial charge in [0.1, 0.15) is 5.75 Å². The van der Waals surface area contributed by atoms with Gasteiger partial charge in [-0.3, -0.25) is 0 Å². The highest BCUT2D eigenvalue weighted by Gasteiger charge is 2.61. The Morgan fingerprint density at radius 2 is 2.10 bits per heavy atom. The number of phenolic OH excluding ortho intramolecular Hbond substituents is 1. The van der Waals surface area contributed by atoms with Crippen LogP contribution in [0, 0.1) is 28.6 Å². The molecule has 2 fully saturated rings. The Hall–Kier alpha value is -1.32. The molecule has 4 rings (SSSR count). The highest BCUT2D eigenvalue weighted by atomic mass is 127. The maximum Gasteiger partial charge on any atom is 0.116 e. The summed E-state index contributed by atoms with van der Waals surface area (Å²) in [4.78, 5) is 0. The van der Waals surface area contributed by atoms with Crippen molar-refractivity contribution in [3.8, 4) is 11.8 Å². The summed E-state index contributed by atoms with van der Waals surface area (Å²) in [6.45, 7) is 2.30. The van der Waals surface area contributed by atoms with Crippen LogP contribution in [0.3, 0.4) is 0 Å². The molecule has 3 aliphatic carbocycles. The van der Waals surface area contributed by atoms with Gasteiger partial charge in [-0.2, -0.15) is 5.26 Å². The molecule has 5 atom stereocenters. The molecule has 0 aliphatic heterocycles. The smallest absolute Gasteiger partial charge is 0.116 e. The van der Waals surface area contributed by atoms with E-state index in [9.17, 15) is 10.2 Å². The average molecular weight is 503 g/mol. The second kappa shape index (κ2) is 8.07. The number of allylic oxidation sites excluding steroid dienone is 1. The highest BCUT2D eigenvalue weighted by molar-refractivity contribution is 14.1. The Morgan fingerprint density at radius 3 is 2.86 bits per heavy atom. The Balaban J connectivity index is 1.72. The molecule has 0 spiro atoms. The lowest BCUT2D eigenvalue weighted by Crippen LogP contribution is -2.49. The normalized spacial score (nSPS) is 35.5. The van der Waals surface area contributed by atoms with Crippen molar-refractivity contribution in [3.63, 3.8) is 0 Å². The largest absolute Gasteiger partial charge is 0.508 e. The first-order valence-electron chi connectivity index (χ1n) is 10.8. The fourth-order valence-electron chi connectivity index (χ4n) is 6.53. The molecular weight excluding hydrogens is 473 g/mol. The SMILES string of the molecule is C[C@]12CC[C@@H]3c4ccc(O)cc4C=C(CCCCC#N)[C@H]3[C@@H]1CC[C@@]2(O)/C=C/I. The Morgan fingerprint density at radius 1 is 1.28 bits per heavy atom. The van der Waals surface area contributed by atoms with Gasteiger partial charge in [0.2, 0.25) is 0 Å². The molecule has 0 aromatic heterocycles. The van der Waals surface area contributed by atoms with Crippen LogP contribution in [0.2, 0.25) is 0 Å². The zero-order valence-electron chi connectivity index (χ0n) is 17.1. The zero-order chi connectivity index (χ0) is 20.6. The second-order valence-corrected chi connectivity index (χ2v) is 10.1. The van der Waals surface area contributed by atoms with Gasteiger partial charge < -0.3 is 10.2 Å². The van der Waals surface area contributed by atoms with Crippen molar-refractivity contribution in [1.82, 2.24) is 0 Å². The average Bonchev–Trinajstić information content (AvgIpc) is 2.96. The second-order valence-electron chi connectivity index (χ2n) is 9.35. The number of hydrogen-bond donors (Lipinski definition) is 2. The molecule has 2 N–H and O–H groups in total. The number of halogens is 1. The van der Waals surface area contributed by atoms with Gasteiger partial charge in [0.05, 0.1) is 11.7 Å². The van der Waals surface area contributed by atoms with Crippen LogP contribution in [-0.2, 0) is 0 Å². The topological polar surface area (TPSA) is 64.2 Å². The van der Waals surface area contributed by atoms with Crippen LogP contribution < -0.4 is 0 Å². The van der Waals surface area contributed by atoms with Crippen molar-refractivity contribution in [2.75, 3.05) is 0 Å². The molecule has 1 aromatic carbocycles. The van der Waals surface area contributed by atoms with Crippen molar-refractivity contribution >= 4 is 28.7 Å². The number of fused-ring (bicyclic) bond motifs is 5. The summed E-state index contributed by atoms with van der Waals surface area (Å²) >= 11 is 2.23. The van der Waals surface area contributed by atoms with Crippen LogP contribution >= 0.6 is 22.6 Å². The third-order valence-electron chi connectivity index (χ3n) is 8.07. The summed E-state index contributed by atoms with van der Waals surface area (Å²) in [6, 6.07) is 8.09. The van der Waals surface area contributed by atoms with Gasteiger partial charge >= 0.3 is 0 Å². The molecule has 0 unspecified atom stereocenters. The van der Waals surface area contributed by atoms with Crippen molar-refractivity contribution in [1.29, 1.82) is 5.26 Å². The van der Waals surface area contributed by atoms with Crippen molar-refractivity contribution in [2.45, 2.75) is 69.8 Å². The van der Waals surface area contributed by atoms with E-state index in [1.807, 2.05) is 22.3 Å². The number of aromatic hydroxyl groups is 1. The van der Waals surface area contributed by atoms with Gasteiger partial charge in [-0.15, -0.1) is 0 Å². The van der Waals surface area contributed by atoms with Gasteiger partial charge in [0, 0.05) is 11.8 Å². The number of unbranched alkanes of at least 4 members (excludes halogenated alkanes) is 2. The van der Waals surface area contributed by atoms with E-state index in [4.69, 9.17) is 5.26 Å². The summed E-state index contributed by atoms with van der Waals surface area (Å²) in [7, 11) is 0. The minimum absolute atomic E-state index is 0.101. The van der Waals surface area contributed by atoms with Crippen LogP contribution in [0.5, 0.6) is 5.75 Å². The first-order valence-corrected chi connectivity index (χ1v) is 12.1. The van der Waals surface area contributed by atoms with Crippen LogP contribution in [-0.4, -0.2) is 15.8 Å². The number of phenols is 1. The van der Waals surface area contributed by atoms with E-state index in [0.29, 0.717) is 29.9 Å². The molecule has 29 heavy (non-hydrogen) atoms. The Kier molecular flexibility index (Phi) is 5.83. The summed E-state index contributed by atoms with van der Waals surface area (Å²) < 4.78 is 1.98. The first-order chi connectivity index (χ1) is 13.9. The minimum atomic E-state index is -0.717. The third kappa shape index (κ3) is 3.45. The fourth-order valence-corrected chi connectivity index (χ4v) is 7.13. The van der Waals surface area contributed by atoms with E-state index >= 15 is 0 Å². The van der Waals surface area contributed by atoms with E-state index in [2.05, 4.69) is 47.7 Å². The zero-order valence-corrected chi connectivity index (χ0v) is 19.2. The monoisotopic (exact) mass is 503 g/mol. The van der Waals surface area contributed by atoms with Crippen LogP contribution in [0.1, 0.15) is 75.3 Å². The molecule has 1 aromatic rings. The predicted molar refractivity (Wildman–Crippen MR) is 125 cm³/mol. The van der Waals surface area contributed by atoms with Gasteiger partial charge in [0.15, 0.2) is 0 Å². The molecule has 2 saturated carbocycles. The predicted octanol–water partition coefficient (Wildman–Crippen LogP) is 6.46. The van der Waals surface area contributed by atoms with E-state index in [-0.39, 0.29) is 5.41 Å². The first kappa shape index (κ1) is 20.9. The van der Waals surface area contributed by atoms with Crippen LogP contribution in [0.25, 0.3) is 6.08 Å². The molecule has 4 heteroatoms. The highest BCUT2D eigenvalue weighted by Crippen LogP contribution is 2.65. The number of aliphatic hydroxyl groups is 1. The molecule has 0 heterocycles. The van der Waals surface area contributed by atoms with Crippen molar-refractivity contribution in [3.05, 3.63) is 45.1 Å². The summed E-state index contributed by atoms with van der Waals surface area (Å²) in [6.07, 6.45) is 11.9. The van der Waals surface area contributed by atoms with Gasteiger partial charge in [-0.25, -0.2) is 0 Å². The lowest BCUT2D eigenvalue weighted by Gasteiger charge is -2.53. The number of nitriles is 1. The van der Waals surface area contributed by atoms with Crippen molar-refractivity contribution in [2.24, 2.45) is 17.3 Å². The van der Waals surface area contributed by atoms with E-state index in [1.165, 1.54) is 11.1 Å². The maximum absolute atomic E-state index is 11.5. The lowest BCUT2D eigenvalue weighted by atomic mass is 9.52. The molecule has 3 aliphatic rings. The van der Waals surface area contributed by atoms with E-state index in [0.717, 1.165) is 50.5 Å². The molecule has 0 bridgehead atoms. The number of rotatable bonds is 5. The van der Waals surface area contributed by atoms with E-state index in [1.54, 1.807) is 0 Å². The standard InChI is InChI=1S/C25H30INO2/c1-24-10-8-21-20-7-6-19(28)16-18(20)15-17(5-3-2-4-14-27)23(21)22(24)9-11-25(24,29)12-13-26/h6-7,12-13,15-16,21-23,28-29H,2-5,8-11H2,1H3/b13-12+/t21-,22+,23-,24+,25-/m1/s1. The third-order valence-corrected chi connectivity index (χ3v) is 8.43. The quantitative estimate of drug-likeness (QED) is 0.358. The van der Waals surface area contributed by atoms with E-state index < -0.39 is 5.60 Å². The van der Waals surface area contributed by atoms with Crippen molar-refractivity contribution < 1.29 is 10.2 Å². The molecular formula is C25H30INO2. The number of nitrogens with zero attached hydrogens (tertiary/aromatic N) is 1. The minimum Gasteiger partial charge on any atom is -0.508 e. The number of hydrogen-bond acceptors (Lipinski definition) is 3. The summed E-state index contributed by atoms with van der Waals surface area (Å²) in [5.74, 6) is 1.70. The molecule has 0 radical (unpaired) electrons. The number of benzene rings is 1. The molecule has 0 amide bonds. The van der Waals surface area contributed by atoms with Crippen LogP contribution in [0.4, 0.5) is 0 Å². The Bertz CT molecular complexity index is 885. The van der Waals surface area contributed by atoms with Gasteiger partial charge in [-0.1, -0.05) is 47.2 Å². The molecule has 3 nitrogen and oxygen atoms in total. The summed E-state index contributed by atoms with van der Waals surface area (Å²) in [5, 5.41) is 30.4. The summed E-state index contributed by atoms with van der Waals surface area (Å²) in [5.41, 5.74) is 3.16. The lowest BCUT2D eigenvalue weighted by molar-refractivity contribution is -0.0633. The maximum atomic E-state index is 11.5.